The van der Waals surface area contributed by atoms with Gasteiger partial charge in [-0.15, -0.1) is 22.9 Å². The summed E-state index contributed by atoms with van der Waals surface area (Å²) in [7, 11) is 2.15. The zero-order valence-electron chi connectivity index (χ0n) is 9.66. The Kier molecular flexibility index (Phi) is 5.58. The molecule has 4 heteroatoms. The van der Waals surface area contributed by atoms with E-state index in [1.165, 1.54) is 12.8 Å². The van der Waals surface area contributed by atoms with Crippen LogP contribution >= 0.6 is 22.9 Å². The number of thiazole rings is 1. The van der Waals surface area contributed by atoms with Gasteiger partial charge >= 0.3 is 0 Å². The monoisotopic (exact) mass is 246 g/mol. The van der Waals surface area contributed by atoms with E-state index in [-0.39, 0.29) is 0 Å². The van der Waals surface area contributed by atoms with Gasteiger partial charge in [0.05, 0.1) is 18.1 Å². The van der Waals surface area contributed by atoms with E-state index in [0.29, 0.717) is 11.9 Å². The van der Waals surface area contributed by atoms with Crippen molar-refractivity contribution in [3.05, 3.63) is 16.1 Å². The number of rotatable bonds is 6. The number of aromatic nitrogens is 1. The van der Waals surface area contributed by atoms with Crippen LogP contribution in [0.1, 0.15) is 37.4 Å². The lowest BCUT2D eigenvalue weighted by Crippen LogP contribution is -2.28. The highest BCUT2D eigenvalue weighted by atomic mass is 35.5. The van der Waals surface area contributed by atoms with Gasteiger partial charge in [0.1, 0.15) is 5.01 Å². The van der Waals surface area contributed by atoms with Crippen LogP contribution in [0.2, 0.25) is 0 Å². The molecule has 0 radical (unpaired) electrons. The summed E-state index contributed by atoms with van der Waals surface area (Å²) in [4.78, 5) is 6.80. The van der Waals surface area contributed by atoms with Gasteiger partial charge in [-0.25, -0.2) is 4.98 Å². The van der Waals surface area contributed by atoms with E-state index in [1.54, 1.807) is 11.3 Å². The largest absolute Gasteiger partial charge is 0.297 e. The molecule has 0 saturated heterocycles. The number of nitrogens with zero attached hydrogens (tertiary/aromatic N) is 2. The lowest BCUT2D eigenvalue weighted by molar-refractivity contribution is 0.236. The van der Waals surface area contributed by atoms with Gasteiger partial charge in [-0.05, 0) is 20.4 Å². The van der Waals surface area contributed by atoms with Crippen LogP contribution in [0.4, 0.5) is 0 Å². The minimum atomic E-state index is 0.519. The molecule has 0 aromatic carbocycles. The molecule has 0 spiro atoms. The molecule has 1 unspecified atom stereocenters. The third kappa shape index (κ3) is 4.09. The zero-order valence-corrected chi connectivity index (χ0v) is 11.2. The molecule has 1 aromatic heterocycles. The topological polar surface area (TPSA) is 16.1 Å². The summed E-state index contributed by atoms with van der Waals surface area (Å²) in [5.41, 5.74) is 0.994. The van der Waals surface area contributed by atoms with Gasteiger partial charge in [0.25, 0.3) is 0 Å². The van der Waals surface area contributed by atoms with Crippen molar-refractivity contribution in [2.75, 3.05) is 7.05 Å². The second-order valence-corrected chi connectivity index (χ2v) is 5.13. The molecule has 0 aliphatic heterocycles. The summed E-state index contributed by atoms with van der Waals surface area (Å²) in [6, 6.07) is 0.623. The molecule has 15 heavy (non-hydrogen) atoms. The van der Waals surface area contributed by atoms with Crippen LogP contribution in [0.25, 0.3) is 0 Å². The molecule has 2 nitrogen and oxygen atoms in total. The minimum absolute atomic E-state index is 0.519. The van der Waals surface area contributed by atoms with E-state index in [4.69, 9.17) is 11.6 Å². The molecule has 0 amide bonds. The molecule has 0 aliphatic rings. The number of hydrogen-bond acceptors (Lipinski definition) is 3. The molecule has 1 heterocycles. The van der Waals surface area contributed by atoms with Crippen LogP contribution in [0.15, 0.2) is 5.38 Å². The van der Waals surface area contributed by atoms with Crippen molar-refractivity contribution in [1.29, 1.82) is 0 Å². The summed E-state index contributed by atoms with van der Waals surface area (Å²) in [5, 5.41) is 3.21. The summed E-state index contributed by atoms with van der Waals surface area (Å²) in [6.45, 7) is 5.42. The first kappa shape index (κ1) is 12.9. The normalized spacial score (nSPS) is 13.4. The van der Waals surface area contributed by atoms with E-state index in [9.17, 15) is 0 Å². The van der Waals surface area contributed by atoms with Crippen LogP contribution in [-0.4, -0.2) is 23.0 Å². The van der Waals surface area contributed by atoms with E-state index >= 15 is 0 Å². The minimum Gasteiger partial charge on any atom is -0.297 e. The Bertz CT molecular complexity index is 288. The van der Waals surface area contributed by atoms with Crippen LogP contribution < -0.4 is 0 Å². The summed E-state index contributed by atoms with van der Waals surface area (Å²) in [5.74, 6) is 0.519. The fraction of sp³-hybridized carbons (Fsp3) is 0.727. The lowest BCUT2D eigenvalue weighted by atomic mass is 10.2. The van der Waals surface area contributed by atoms with Crippen LogP contribution in [-0.2, 0) is 12.4 Å². The SMILES string of the molecule is CCCC(C)N(C)Cc1nc(CCl)cs1. The number of hydrogen-bond donors (Lipinski definition) is 0. The molecule has 0 fully saturated rings. The van der Waals surface area contributed by atoms with E-state index < -0.39 is 0 Å². The molecule has 0 bridgehead atoms. The Morgan fingerprint density at radius 2 is 2.33 bits per heavy atom. The molecule has 0 saturated carbocycles. The van der Waals surface area contributed by atoms with Gasteiger partial charge in [-0.1, -0.05) is 13.3 Å². The standard InChI is InChI=1S/C11H19ClN2S/c1-4-5-9(2)14(3)7-11-13-10(6-12)8-15-11/h8-9H,4-7H2,1-3H3. The molecular formula is C11H19ClN2S. The first-order chi connectivity index (χ1) is 7.17. The summed E-state index contributed by atoms with van der Waals surface area (Å²) < 4.78 is 0. The third-order valence-corrected chi connectivity index (χ3v) is 3.74. The Hall–Kier alpha value is -0.120. The van der Waals surface area contributed by atoms with Gasteiger partial charge in [0.15, 0.2) is 0 Å². The van der Waals surface area contributed by atoms with Crippen LogP contribution in [0.3, 0.4) is 0 Å². The molecule has 1 aromatic rings. The number of halogens is 1. The Morgan fingerprint density at radius 3 is 2.87 bits per heavy atom. The lowest BCUT2D eigenvalue weighted by Gasteiger charge is -2.22. The van der Waals surface area contributed by atoms with Crippen molar-refractivity contribution in [1.82, 2.24) is 9.88 Å². The average Bonchev–Trinajstić information content (AvgIpc) is 2.66. The Morgan fingerprint density at radius 1 is 1.60 bits per heavy atom. The van der Waals surface area contributed by atoms with E-state index in [2.05, 4.69) is 30.8 Å². The third-order valence-electron chi connectivity index (χ3n) is 2.58. The predicted molar refractivity (Wildman–Crippen MR) is 67.5 cm³/mol. The molecular weight excluding hydrogens is 228 g/mol. The smallest absolute Gasteiger partial charge is 0.107 e. The average molecular weight is 247 g/mol. The maximum absolute atomic E-state index is 5.72. The highest BCUT2D eigenvalue weighted by molar-refractivity contribution is 7.09. The van der Waals surface area contributed by atoms with Crippen molar-refractivity contribution in [3.63, 3.8) is 0 Å². The van der Waals surface area contributed by atoms with Gasteiger partial charge in [0, 0.05) is 11.4 Å². The van der Waals surface area contributed by atoms with Gasteiger partial charge in [0.2, 0.25) is 0 Å². The molecule has 86 valence electrons. The molecule has 1 rings (SSSR count). The quantitative estimate of drug-likeness (QED) is 0.715. The zero-order chi connectivity index (χ0) is 11.3. The first-order valence-corrected chi connectivity index (χ1v) is 6.78. The fourth-order valence-electron chi connectivity index (χ4n) is 1.49. The van der Waals surface area contributed by atoms with Gasteiger partial charge in [-0.3, -0.25) is 4.90 Å². The van der Waals surface area contributed by atoms with Gasteiger partial charge < -0.3 is 0 Å². The molecule has 1 atom stereocenters. The van der Waals surface area contributed by atoms with Gasteiger partial charge in [-0.2, -0.15) is 0 Å². The highest BCUT2D eigenvalue weighted by Gasteiger charge is 2.10. The predicted octanol–water partition coefficient (Wildman–Crippen LogP) is 3.50. The van der Waals surface area contributed by atoms with Crippen molar-refractivity contribution < 1.29 is 0 Å². The second-order valence-electron chi connectivity index (χ2n) is 3.92. The first-order valence-electron chi connectivity index (χ1n) is 5.36. The van der Waals surface area contributed by atoms with Crippen molar-refractivity contribution >= 4 is 22.9 Å². The molecule has 0 aliphatic carbocycles. The van der Waals surface area contributed by atoms with Crippen molar-refractivity contribution in [3.8, 4) is 0 Å². The fourth-order valence-corrected chi connectivity index (χ4v) is 2.57. The van der Waals surface area contributed by atoms with E-state index in [1.807, 2.05) is 5.38 Å². The maximum Gasteiger partial charge on any atom is 0.107 e. The summed E-state index contributed by atoms with van der Waals surface area (Å²) >= 11 is 7.42. The van der Waals surface area contributed by atoms with Crippen molar-refractivity contribution in [2.24, 2.45) is 0 Å². The van der Waals surface area contributed by atoms with E-state index in [0.717, 1.165) is 17.2 Å². The molecule has 0 N–H and O–H groups in total. The van der Waals surface area contributed by atoms with Crippen molar-refractivity contribution in [2.45, 2.75) is 45.2 Å². The highest BCUT2D eigenvalue weighted by Crippen LogP contribution is 2.15. The second kappa shape index (κ2) is 6.46. The number of alkyl halides is 1. The Labute approximate surface area is 101 Å². The Balaban J connectivity index is 2.46. The summed E-state index contributed by atoms with van der Waals surface area (Å²) in [6.07, 6.45) is 2.47. The van der Waals surface area contributed by atoms with Crippen LogP contribution in [0.5, 0.6) is 0 Å². The maximum atomic E-state index is 5.72. The van der Waals surface area contributed by atoms with Crippen LogP contribution in [0, 0.1) is 0 Å².